The quantitative estimate of drug-likeness (QED) is 0.720. The lowest BCUT2D eigenvalue weighted by molar-refractivity contribution is -0.118. The number of amides is 1. The highest BCUT2D eigenvalue weighted by Gasteiger charge is 2.12. The molecule has 0 saturated heterocycles. The number of hydrogen-bond donors (Lipinski definition) is 1. The second kappa shape index (κ2) is 7.04. The van der Waals surface area contributed by atoms with Crippen LogP contribution in [0.15, 0.2) is 45.6 Å². The average Bonchev–Trinajstić information content (AvgIpc) is 2.50. The van der Waals surface area contributed by atoms with E-state index in [0.29, 0.717) is 16.7 Å². The maximum atomic E-state index is 12.3. The molecule has 1 heterocycles. The van der Waals surface area contributed by atoms with Gasteiger partial charge in [0.25, 0.3) is 5.91 Å². The lowest BCUT2D eigenvalue weighted by Gasteiger charge is -2.12. The highest BCUT2D eigenvalue weighted by Crippen LogP contribution is 2.29. The van der Waals surface area contributed by atoms with Gasteiger partial charge in [-0.1, -0.05) is 6.07 Å². The molecule has 1 aromatic heterocycles. The molecule has 3 rings (SSSR count). The number of hydrogen-bond acceptors (Lipinski definition) is 4. The number of anilines is 1. The molecule has 0 fully saturated rings. The lowest BCUT2D eigenvalue weighted by atomic mass is 10.1. The van der Waals surface area contributed by atoms with Gasteiger partial charge in [-0.25, -0.2) is 4.79 Å². The molecule has 0 spiro atoms. The molecule has 2 aromatic carbocycles. The van der Waals surface area contributed by atoms with Crippen LogP contribution in [-0.2, 0) is 4.79 Å². The fourth-order valence-electron chi connectivity index (χ4n) is 3.08. The van der Waals surface area contributed by atoms with Gasteiger partial charge in [-0.2, -0.15) is 0 Å². The first-order valence-electron chi connectivity index (χ1n) is 8.38. The molecule has 0 unspecified atom stereocenters. The SMILES string of the molecule is Cc1cc(C)cc(NC(=O)COc2cc(C)cc3oc(=O)cc(C)c23)c1. The number of carbonyl (C=O) groups is 1. The summed E-state index contributed by atoms with van der Waals surface area (Å²) in [5.74, 6) is 0.275. The Labute approximate surface area is 151 Å². The zero-order valence-electron chi connectivity index (χ0n) is 15.3. The molecule has 26 heavy (non-hydrogen) atoms. The van der Waals surface area contributed by atoms with Crippen LogP contribution in [0, 0.1) is 27.7 Å². The largest absolute Gasteiger partial charge is 0.483 e. The molecule has 0 aliphatic rings. The van der Waals surface area contributed by atoms with Crippen LogP contribution in [-0.4, -0.2) is 12.5 Å². The van der Waals surface area contributed by atoms with Gasteiger partial charge in [0.05, 0.1) is 5.39 Å². The predicted molar refractivity (Wildman–Crippen MR) is 102 cm³/mol. The topological polar surface area (TPSA) is 68.5 Å². The van der Waals surface area contributed by atoms with E-state index in [1.165, 1.54) is 6.07 Å². The Balaban J connectivity index is 1.81. The molecular formula is C21H21NO4. The van der Waals surface area contributed by atoms with Crippen molar-refractivity contribution in [3.05, 3.63) is 69.1 Å². The van der Waals surface area contributed by atoms with Crippen LogP contribution < -0.4 is 15.7 Å². The third-order valence-corrected chi connectivity index (χ3v) is 4.01. The third-order valence-electron chi connectivity index (χ3n) is 4.01. The van der Waals surface area contributed by atoms with E-state index in [1.54, 1.807) is 6.07 Å². The number of benzene rings is 2. The fourth-order valence-corrected chi connectivity index (χ4v) is 3.08. The molecule has 5 nitrogen and oxygen atoms in total. The van der Waals surface area contributed by atoms with Crippen LogP contribution in [0.3, 0.4) is 0 Å². The lowest BCUT2D eigenvalue weighted by Crippen LogP contribution is -2.20. The molecule has 0 radical (unpaired) electrons. The van der Waals surface area contributed by atoms with E-state index >= 15 is 0 Å². The smallest absolute Gasteiger partial charge is 0.336 e. The molecule has 1 N–H and O–H groups in total. The molecule has 1 amide bonds. The van der Waals surface area contributed by atoms with E-state index in [4.69, 9.17) is 9.15 Å². The van der Waals surface area contributed by atoms with Gasteiger partial charge in [-0.15, -0.1) is 0 Å². The van der Waals surface area contributed by atoms with E-state index in [1.807, 2.05) is 52.0 Å². The highest BCUT2D eigenvalue weighted by molar-refractivity contribution is 5.93. The number of aryl methyl sites for hydroxylation is 4. The second-order valence-electron chi connectivity index (χ2n) is 6.60. The Morgan fingerprint density at radius 1 is 0.962 bits per heavy atom. The van der Waals surface area contributed by atoms with Gasteiger partial charge >= 0.3 is 5.63 Å². The number of carbonyl (C=O) groups excluding carboxylic acids is 1. The maximum Gasteiger partial charge on any atom is 0.336 e. The van der Waals surface area contributed by atoms with Crippen molar-refractivity contribution in [3.63, 3.8) is 0 Å². The van der Waals surface area contributed by atoms with E-state index in [9.17, 15) is 9.59 Å². The molecule has 134 valence electrons. The Kier molecular flexibility index (Phi) is 4.80. The molecule has 0 saturated carbocycles. The van der Waals surface area contributed by atoms with Crippen molar-refractivity contribution >= 4 is 22.6 Å². The van der Waals surface area contributed by atoms with Crippen molar-refractivity contribution in [2.75, 3.05) is 11.9 Å². The molecule has 0 aliphatic carbocycles. The number of fused-ring (bicyclic) bond motifs is 1. The molecule has 0 bridgehead atoms. The van der Waals surface area contributed by atoms with Crippen molar-refractivity contribution in [3.8, 4) is 5.75 Å². The minimum atomic E-state index is -0.404. The molecular weight excluding hydrogens is 330 g/mol. The van der Waals surface area contributed by atoms with Gasteiger partial charge in [-0.05, 0) is 74.2 Å². The summed E-state index contributed by atoms with van der Waals surface area (Å²) in [5.41, 5.74) is 4.59. The minimum absolute atomic E-state index is 0.135. The molecule has 5 heteroatoms. The van der Waals surface area contributed by atoms with Crippen LogP contribution in [0.1, 0.15) is 22.3 Å². The van der Waals surface area contributed by atoms with Gasteiger partial charge in [0.15, 0.2) is 6.61 Å². The molecule has 0 aliphatic heterocycles. The average molecular weight is 351 g/mol. The van der Waals surface area contributed by atoms with Crippen molar-refractivity contribution < 1.29 is 13.9 Å². The highest BCUT2D eigenvalue weighted by atomic mass is 16.5. The predicted octanol–water partition coefficient (Wildman–Crippen LogP) is 4.04. The van der Waals surface area contributed by atoms with Crippen molar-refractivity contribution in [2.45, 2.75) is 27.7 Å². The fraction of sp³-hybridized carbons (Fsp3) is 0.238. The summed E-state index contributed by atoms with van der Waals surface area (Å²) >= 11 is 0. The van der Waals surface area contributed by atoms with E-state index in [-0.39, 0.29) is 12.5 Å². The Bertz CT molecular complexity index is 1030. The van der Waals surface area contributed by atoms with E-state index < -0.39 is 5.63 Å². The van der Waals surface area contributed by atoms with Crippen LogP contribution in [0.25, 0.3) is 11.0 Å². The van der Waals surface area contributed by atoms with Crippen LogP contribution in [0.2, 0.25) is 0 Å². The molecule has 3 aromatic rings. The van der Waals surface area contributed by atoms with E-state index in [2.05, 4.69) is 5.32 Å². The summed E-state index contributed by atoms with van der Waals surface area (Å²) < 4.78 is 11.0. The zero-order chi connectivity index (χ0) is 18.8. The maximum absolute atomic E-state index is 12.3. The van der Waals surface area contributed by atoms with Crippen molar-refractivity contribution in [1.82, 2.24) is 0 Å². The summed E-state index contributed by atoms with van der Waals surface area (Å²) in [6.07, 6.45) is 0. The molecule has 0 atom stereocenters. The summed E-state index contributed by atoms with van der Waals surface area (Å²) in [4.78, 5) is 23.8. The Hall–Kier alpha value is -3.08. The second-order valence-corrected chi connectivity index (χ2v) is 6.60. The number of ether oxygens (including phenoxy) is 1. The van der Waals surface area contributed by atoms with Crippen LogP contribution in [0.4, 0.5) is 5.69 Å². The van der Waals surface area contributed by atoms with Gasteiger partial charge < -0.3 is 14.5 Å². The summed E-state index contributed by atoms with van der Waals surface area (Å²) in [6.45, 7) is 7.52. The zero-order valence-corrected chi connectivity index (χ0v) is 15.3. The van der Waals surface area contributed by atoms with Gasteiger partial charge in [-0.3, -0.25) is 4.79 Å². The number of rotatable bonds is 4. The van der Waals surface area contributed by atoms with E-state index in [0.717, 1.165) is 27.9 Å². The van der Waals surface area contributed by atoms with Gasteiger partial charge in [0, 0.05) is 11.8 Å². The van der Waals surface area contributed by atoms with Gasteiger partial charge in [0.1, 0.15) is 11.3 Å². The Morgan fingerprint density at radius 2 is 1.62 bits per heavy atom. The first kappa shape index (κ1) is 17.7. The van der Waals surface area contributed by atoms with Crippen LogP contribution in [0.5, 0.6) is 5.75 Å². The third kappa shape index (κ3) is 3.94. The van der Waals surface area contributed by atoms with Gasteiger partial charge in [0.2, 0.25) is 0 Å². The Morgan fingerprint density at radius 3 is 2.31 bits per heavy atom. The summed E-state index contributed by atoms with van der Waals surface area (Å²) in [5, 5.41) is 3.55. The van der Waals surface area contributed by atoms with Crippen molar-refractivity contribution in [2.24, 2.45) is 0 Å². The standard InChI is InChI=1S/C21H21NO4/c1-12-5-13(2)7-16(6-12)22-19(23)11-25-17-8-14(3)9-18-21(17)15(4)10-20(24)26-18/h5-10H,11H2,1-4H3,(H,22,23). The normalized spacial score (nSPS) is 10.8. The first-order valence-corrected chi connectivity index (χ1v) is 8.38. The monoisotopic (exact) mass is 351 g/mol. The van der Waals surface area contributed by atoms with Crippen molar-refractivity contribution in [1.29, 1.82) is 0 Å². The van der Waals surface area contributed by atoms with Crippen LogP contribution >= 0.6 is 0 Å². The summed E-state index contributed by atoms with van der Waals surface area (Å²) in [7, 11) is 0. The number of nitrogens with one attached hydrogen (secondary N) is 1. The first-order chi connectivity index (χ1) is 12.3. The summed E-state index contributed by atoms with van der Waals surface area (Å²) in [6, 6.07) is 10.9. The minimum Gasteiger partial charge on any atom is -0.483 e.